The van der Waals surface area contributed by atoms with Crippen molar-refractivity contribution in [3.63, 3.8) is 0 Å². The molecule has 0 radical (unpaired) electrons. The molecule has 2 aliphatic carbocycles. The molecule has 5 heteroatoms. The molecule has 2 aliphatic heterocycles. The summed E-state index contributed by atoms with van der Waals surface area (Å²) in [6, 6.07) is 9.96. The molecule has 0 unspecified atom stereocenters. The molecule has 34 heavy (non-hydrogen) atoms. The predicted octanol–water partition coefficient (Wildman–Crippen LogP) is 4.58. The summed E-state index contributed by atoms with van der Waals surface area (Å²) >= 11 is 0. The van der Waals surface area contributed by atoms with Gasteiger partial charge in [0, 0.05) is 11.3 Å². The Morgan fingerprint density at radius 1 is 1.12 bits per heavy atom. The summed E-state index contributed by atoms with van der Waals surface area (Å²) in [7, 11) is 0. The van der Waals surface area contributed by atoms with Gasteiger partial charge in [0.05, 0.1) is 30.5 Å². The number of rotatable bonds is 5. The van der Waals surface area contributed by atoms with Crippen LogP contribution in [0.15, 0.2) is 72.0 Å². The van der Waals surface area contributed by atoms with E-state index in [9.17, 15) is 15.0 Å². The molecule has 0 aromatic heterocycles. The summed E-state index contributed by atoms with van der Waals surface area (Å²) in [4.78, 5) is 12.5. The monoisotopic (exact) mass is 462 g/mol. The molecule has 1 aromatic rings. The maximum absolute atomic E-state index is 12.5. The maximum atomic E-state index is 12.5. The number of esters is 1. The SMILES string of the molecule is C[C@]1(CO)[C@H]2CC[C@@]3(CO3)[C@@H](/C=C/C3=CC(=C/C=C/c4ccccc4)/OC3=O)[C@]2(C)CC[C@H]1O. The first-order valence-corrected chi connectivity index (χ1v) is 12.3. The van der Waals surface area contributed by atoms with E-state index in [4.69, 9.17) is 9.47 Å². The van der Waals surface area contributed by atoms with Crippen molar-refractivity contribution < 1.29 is 24.5 Å². The third-order valence-corrected chi connectivity index (χ3v) is 8.86. The van der Waals surface area contributed by atoms with Crippen LogP contribution in [-0.4, -0.2) is 41.1 Å². The minimum Gasteiger partial charge on any atom is -0.423 e. The third-order valence-electron chi connectivity index (χ3n) is 8.86. The maximum Gasteiger partial charge on any atom is 0.343 e. The van der Waals surface area contributed by atoms with Crippen molar-refractivity contribution >= 4 is 12.0 Å². The number of carbonyl (C=O) groups excluding carboxylic acids is 1. The van der Waals surface area contributed by atoms with Crippen LogP contribution in [0.4, 0.5) is 0 Å². The molecule has 1 spiro atoms. The molecule has 3 fully saturated rings. The van der Waals surface area contributed by atoms with Crippen LogP contribution in [0.5, 0.6) is 0 Å². The van der Waals surface area contributed by atoms with Crippen LogP contribution in [0, 0.1) is 22.7 Å². The third kappa shape index (κ3) is 3.90. The van der Waals surface area contributed by atoms with Gasteiger partial charge in [-0.25, -0.2) is 4.79 Å². The van der Waals surface area contributed by atoms with Gasteiger partial charge >= 0.3 is 5.97 Å². The van der Waals surface area contributed by atoms with E-state index in [1.54, 1.807) is 12.2 Å². The molecule has 2 heterocycles. The standard InChI is InChI=1S/C29H34O5/c1-27-15-14-25(31)28(2,18-30)23(27)13-16-29(19-33-29)24(27)12-11-21-17-22(34-26(21)32)10-6-9-20-7-4-3-5-8-20/h3-12,17,23-25,30-31H,13-16,18-19H2,1-2H3/b9-6+,12-11+,22-10-/t23-,24-,25+,27+,28-,29+/m0/s1. The van der Waals surface area contributed by atoms with Gasteiger partial charge in [-0.05, 0) is 54.7 Å². The minimum atomic E-state index is -0.526. The first kappa shape index (κ1) is 23.3. The number of fused-ring (bicyclic) bond motifs is 1. The van der Waals surface area contributed by atoms with E-state index in [0.717, 1.165) is 31.4 Å². The first-order chi connectivity index (χ1) is 16.3. The van der Waals surface area contributed by atoms with Crippen molar-refractivity contribution in [2.45, 2.75) is 51.2 Å². The van der Waals surface area contributed by atoms with Gasteiger partial charge in [0.1, 0.15) is 5.76 Å². The normalized spacial score (nSPS) is 40.7. The van der Waals surface area contributed by atoms with Crippen molar-refractivity contribution in [2.75, 3.05) is 13.2 Å². The average molecular weight is 463 g/mol. The Bertz CT molecular complexity index is 1060. The van der Waals surface area contributed by atoms with Crippen LogP contribution in [0.2, 0.25) is 0 Å². The molecule has 1 saturated heterocycles. The topological polar surface area (TPSA) is 79.3 Å². The average Bonchev–Trinajstić information content (AvgIpc) is 3.51. The quantitative estimate of drug-likeness (QED) is 0.495. The van der Waals surface area contributed by atoms with Crippen molar-refractivity contribution in [1.82, 2.24) is 0 Å². The van der Waals surface area contributed by atoms with Gasteiger partial charge in [-0.1, -0.05) is 68.5 Å². The molecule has 1 aromatic carbocycles. The highest BCUT2D eigenvalue weighted by atomic mass is 16.6. The molecule has 0 bridgehead atoms. The van der Waals surface area contributed by atoms with Crippen LogP contribution in [0.25, 0.3) is 6.08 Å². The van der Waals surface area contributed by atoms with E-state index in [1.165, 1.54) is 0 Å². The van der Waals surface area contributed by atoms with Gasteiger partial charge < -0.3 is 19.7 Å². The number of cyclic esters (lactones) is 1. The highest BCUT2D eigenvalue weighted by Crippen LogP contribution is 2.65. The second-order valence-corrected chi connectivity index (χ2v) is 10.8. The number of allylic oxidation sites excluding steroid dienone is 3. The van der Waals surface area contributed by atoms with E-state index in [-0.39, 0.29) is 35.4 Å². The summed E-state index contributed by atoms with van der Waals surface area (Å²) in [5, 5.41) is 21.0. The largest absolute Gasteiger partial charge is 0.423 e. The van der Waals surface area contributed by atoms with Crippen molar-refractivity contribution in [3.8, 4) is 0 Å². The molecule has 6 atom stereocenters. The van der Waals surface area contributed by atoms with E-state index in [2.05, 4.69) is 13.0 Å². The van der Waals surface area contributed by atoms with E-state index < -0.39 is 11.5 Å². The number of ether oxygens (including phenoxy) is 2. The van der Waals surface area contributed by atoms with Crippen LogP contribution in [-0.2, 0) is 14.3 Å². The second-order valence-electron chi connectivity index (χ2n) is 10.8. The molecular weight excluding hydrogens is 428 g/mol. The molecular formula is C29H34O5. The Labute approximate surface area is 201 Å². The Morgan fingerprint density at radius 3 is 2.59 bits per heavy atom. The Kier molecular flexibility index (Phi) is 5.91. The summed E-state index contributed by atoms with van der Waals surface area (Å²) in [6.07, 6.45) is 14.3. The summed E-state index contributed by atoms with van der Waals surface area (Å²) in [5.74, 6) is 0.465. The van der Waals surface area contributed by atoms with Crippen molar-refractivity contribution in [2.24, 2.45) is 22.7 Å². The number of hydrogen-bond acceptors (Lipinski definition) is 5. The summed E-state index contributed by atoms with van der Waals surface area (Å²) < 4.78 is 11.5. The number of epoxide rings is 1. The first-order valence-electron chi connectivity index (χ1n) is 12.3. The zero-order valence-corrected chi connectivity index (χ0v) is 19.9. The smallest absolute Gasteiger partial charge is 0.343 e. The van der Waals surface area contributed by atoms with Gasteiger partial charge in [-0.15, -0.1) is 0 Å². The van der Waals surface area contributed by atoms with Crippen LogP contribution >= 0.6 is 0 Å². The number of carbonyl (C=O) groups is 1. The van der Waals surface area contributed by atoms with E-state index in [1.807, 2.05) is 55.5 Å². The Hall–Kier alpha value is -2.47. The lowest BCUT2D eigenvalue weighted by Crippen LogP contribution is -2.60. The summed E-state index contributed by atoms with van der Waals surface area (Å²) in [5.41, 5.74) is 0.766. The highest BCUT2D eigenvalue weighted by Gasteiger charge is 2.66. The van der Waals surface area contributed by atoms with E-state index in [0.29, 0.717) is 17.8 Å². The van der Waals surface area contributed by atoms with Crippen LogP contribution in [0.1, 0.15) is 45.1 Å². The fourth-order valence-electron chi connectivity index (χ4n) is 6.77. The van der Waals surface area contributed by atoms with Gasteiger partial charge in [-0.3, -0.25) is 0 Å². The number of aliphatic hydroxyl groups is 2. The Balaban J connectivity index is 1.38. The zero-order chi connectivity index (χ0) is 24.0. The molecule has 5 rings (SSSR count). The number of benzene rings is 1. The molecule has 180 valence electrons. The second kappa shape index (κ2) is 8.63. The van der Waals surface area contributed by atoms with Gasteiger partial charge in [0.15, 0.2) is 0 Å². The van der Waals surface area contributed by atoms with E-state index >= 15 is 0 Å². The summed E-state index contributed by atoms with van der Waals surface area (Å²) in [6.45, 7) is 4.99. The fraction of sp³-hybridized carbons (Fsp3) is 0.483. The van der Waals surface area contributed by atoms with Gasteiger partial charge in [-0.2, -0.15) is 0 Å². The lowest BCUT2D eigenvalue weighted by molar-refractivity contribution is -0.167. The van der Waals surface area contributed by atoms with Crippen LogP contribution in [0.3, 0.4) is 0 Å². The van der Waals surface area contributed by atoms with Gasteiger partial charge in [0.2, 0.25) is 0 Å². The Morgan fingerprint density at radius 2 is 1.88 bits per heavy atom. The van der Waals surface area contributed by atoms with Crippen LogP contribution < -0.4 is 0 Å². The molecule has 2 saturated carbocycles. The lowest BCUT2D eigenvalue weighted by atomic mass is 9.45. The zero-order valence-electron chi connectivity index (χ0n) is 19.9. The molecule has 2 N–H and O–H groups in total. The molecule has 0 amide bonds. The van der Waals surface area contributed by atoms with Crippen molar-refractivity contribution in [1.29, 1.82) is 0 Å². The van der Waals surface area contributed by atoms with Crippen molar-refractivity contribution in [3.05, 3.63) is 77.6 Å². The predicted molar refractivity (Wildman–Crippen MR) is 130 cm³/mol. The highest BCUT2D eigenvalue weighted by molar-refractivity contribution is 5.95. The van der Waals surface area contributed by atoms with Gasteiger partial charge in [0.25, 0.3) is 0 Å². The minimum absolute atomic E-state index is 0.0269. The fourth-order valence-corrected chi connectivity index (χ4v) is 6.77. The molecule has 5 nitrogen and oxygen atoms in total. The molecule has 4 aliphatic rings. The lowest BCUT2D eigenvalue weighted by Gasteiger charge is -2.60. The number of aliphatic hydroxyl groups excluding tert-OH is 2. The number of hydrogen-bond donors (Lipinski definition) is 2.